The molecular weight excluding hydrogens is 691 g/mol. The fourth-order valence-corrected chi connectivity index (χ4v) is 10.0. The van der Waals surface area contributed by atoms with Crippen LogP contribution in [0.15, 0.2) is 217 Å². The van der Waals surface area contributed by atoms with Crippen molar-refractivity contribution in [2.75, 3.05) is 4.90 Å². The predicted octanol–water partition coefficient (Wildman–Crippen LogP) is 14.7. The van der Waals surface area contributed by atoms with Crippen molar-refractivity contribution >= 4 is 39.0 Å². The minimum Gasteiger partial charge on any atom is -0.456 e. The Balaban J connectivity index is 1.20. The molecule has 0 bridgehead atoms. The largest absolute Gasteiger partial charge is 0.456 e. The molecule has 0 amide bonds. The van der Waals surface area contributed by atoms with Crippen LogP contribution in [0.3, 0.4) is 0 Å². The number of rotatable bonds is 4. The van der Waals surface area contributed by atoms with E-state index in [9.17, 15) is 0 Å². The fraction of sp³-hybridized carbons (Fsp3) is 0.0182. The van der Waals surface area contributed by atoms with Gasteiger partial charge in [-0.2, -0.15) is 0 Å². The van der Waals surface area contributed by atoms with Crippen LogP contribution in [-0.2, 0) is 5.41 Å². The van der Waals surface area contributed by atoms with E-state index in [0.717, 1.165) is 39.0 Å². The van der Waals surface area contributed by atoms with Crippen molar-refractivity contribution in [1.82, 2.24) is 0 Å². The van der Waals surface area contributed by atoms with Crippen molar-refractivity contribution in [3.63, 3.8) is 0 Å². The Morgan fingerprint density at radius 1 is 0.333 bits per heavy atom. The van der Waals surface area contributed by atoms with Crippen LogP contribution in [0, 0.1) is 0 Å². The van der Waals surface area contributed by atoms with Gasteiger partial charge >= 0.3 is 0 Å². The number of hydrogen-bond acceptors (Lipinski definition) is 2. The van der Waals surface area contributed by atoms with Crippen molar-refractivity contribution in [3.05, 3.63) is 235 Å². The summed E-state index contributed by atoms with van der Waals surface area (Å²) in [5, 5.41) is 2.20. The van der Waals surface area contributed by atoms with Crippen LogP contribution in [0.1, 0.15) is 22.3 Å². The molecule has 0 saturated heterocycles. The van der Waals surface area contributed by atoms with Crippen molar-refractivity contribution in [2.24, 2.45) is 0 Å². The van der Waals surface area contributed by atoms with Crippen LogP contribution in [0.4, 0.5) is 17.1 Å². The fourth-order valence-electron chi connectivity index (χ4n) is 10.0. The standard InChI is InChI=1S/C55H35NO/c1-2-16-36(17-3-1)37-32-34-38(35-33-37)56(50-29-15-31-52-54(50)44-23-9-13-30-51(44)57-52)49-28-14-27-48-53(49)43-22-8-12-26-47(43)55(48)45-24-10-6-20-41(45)39-18-4-5-19-40(39)42-21-7-11-25-46(42)55/h1-35H. The predicted molar refractivity (Wildman–Crippen MR) is 236 cm³/mol. The molecule has 266 valence electrons. The maximum atomic E-state index is 6.53. The third-order valence-corrected chi connectivity index (χ3v) is 12.3. The summed E-state index contributed by atoms with van der Waals surface area (Å²) < 4.78 is 6.53. The molecule has 57 heavy (non-hydrogen) atoms. The molecular formula is C55H35NO. The third-order valence-electron chi connectivity index (χ3n) is 12.3. The lowest BCUT2D eigenvalue weighted by molar-refractivity contribution is 0.669. The summed E-state index contributed by atoms with van der Waals surface area (Å²) in [7, 11) is 0. The third kappa shape index (κ3) is 4.47. The highest BCUT2D eigenvalue weighted by Gasteiger charge is 2.50. The number of anilines is 3. The molecule has 0 fully saturated rings. The first-order valence-corrected chi connectivity index (χ1v) is 19.7. The van der Waals surface area contributed by atoms with Crippen LogP contribution < -0.4 is 4.90 Å². The van der Waals surface area contributed by atoms with Crippen LogP contribution >= 0.6 is 0 Å². The van der Waals surface area contributed by atoms with Gasteiger partial charge in [0.05, 0.1) is 22.2 Å². The monoisotopic (exact) mass is 725 g/mol. The summed E-state index contributed by atoms with van der Waals surface area (Å²) in [5.41, 5.74) is 19.5. The molecule has 1 aromatic heterocycles. The van der Waals surface area contributed by atoms with Crippen LogP contribution in [0.2, 0.25) is 0 Å². The van der Waals surface area contributed by atoms with Gasteiger partial charge in [0.1, 0.15) is 11.2 Å². The zero-order chi connectivity index (χ0) is 37.5. The topological polar surface area (TPSA) is 16.4 Å². The van der Waals surface area contributed by atoms with Gasteiger partial charge in [0.2, 0.25) is 0 Å². The maximum Gasteiger partial charge on any atom is 0.137 e. The molecule has 10 aromatic rings. The molecule has 0 atom stereocenters. The SMILES string of the molecule is c1ccc(-c2ccc(N(c3cccc4c3-c3ccccc3C43c4ccccc4-c4ccccc4-c4ccccc43)c3cccc4oc5ccccc5c34)cc2)cc1. The van der Waals surface area contributed by atoms with Gasteiger partial charge in [0, 0.05) is 16.6 Å². The van der Waals surface area contributed by atoms with Gasteiger partial charge < -0.3 is 9.32 Å². The molecule has 12 rings (SSSR count). The quantitative estimate of drug-likeness (QED) is 0.180. The smallest absolute Gasteiger partial charge is 0.137 e. The van der Waals surface area contributed by atoms with E-state index >= 15 is 0 Å². The van der Waals surface area contributed by atoms with E-state index in [4.69, 9.17) is 4.42 Å². The number of nitrogens with zero attached hydrogens (tertiary/aromatic N) is 1. The Kier molecular flexibility index (Phi) is 6.88. The van der Waals surface area contributed by atoms with E-state index in [-0.39, 0.29) is 0 Å². The first kappa shape index (κ1) is 31.9. The normalized spacial score (nSPS) is 13.1. The van der Waals surface area contributed by atoms with E-state index in [2.05, 4.69) is 211 Å². The van der Waals surface area contributed by atoms with E-state index in [1.807, 2.05) is 6.07 Å². The van der Waals surface area contributed by atoms with E-state index in [1.54, 1.807) is 0 Å². The van der Waals surface area contributed by atoms with Crippen molar-refractivity contribution < 1.29 is 4.42 Å². The lowest BCUT2D eigenvalue weighted by Crippen LogP contribution is -2.29. The first-order chi connectivity index (χ1) is 28.3. The molecule has 0 saturated carbocycles. The van der Waals surface area contributed by atoms with Gasteiger partial charge in [0.15, 0.2) is 0 Å². The van der Waals surface area contributed by atoms with Crippen LogP contribution in [-0.4, -0.2) is 0 Å². The highest BCUT2D eigenvalue weighted by molar-refractivity contribution is 6.14. The van der Waals surface area contributed by atoms with Gasteiger partial charge in [-0.15, -0.1) is 0 Å². The molecule has 1 heterocycles. The minimum atomic E-state index is -0.578. The molecule has 2 aliphatic rings. The van der Waals surface area contributed by atoms with E-state index < -0.39 is 5.41 Å². The number of furan rings is 1. The van der Waals surface area contributed by atoms with Gasteiger partial charge in [-0.25, -0.2) is 0 Å². The zero-order valence-electron chi connectivity index (χ0n) is 31.1. The van der Waals surface area contributed by atoms with Crippen LogP contribution in [0.5, 0.6) is 0 Å². The average molecular weight is 726 g/mol. The summed E-state index contributed by atoms with van der Waals surface area (Å²) >= 11 is 0. The van der Waals surface area contributed by atoms with Crippen LogP contribution in [0.25, 0.3) is 66.4 Å². The summed E-state index contributed by atoms with van der Waals surface area (Å²) in [6, 6.07) is 77.7. The lowest BCUT2D eigenvalue weighted by Gasteiger charge is -2.35. The first-order valence-electron chi connectivity index (χ1n) is 19.7. The van der Waals surface area contributed by atoms with Gasteiger partial charge in [-0.05, 0) is 97.6 Å². The zero-order valence-corrected chi connectivity index (χ0v) is 31.1. The molecule has 1 spiro atoms. The molecule has 0 aliphatic heterocycles. The lowest BCUT2D eigenvalue weighted by atomic mass is 9.66. The van der Waals surface area contributed by atoms with Crippen molar-refractivity contribution in [3.8, 4) is 44.5 Å². The van der Waals surface area contributed by atoms with Gasteiger partial charge in [0.25, 0.3) is 0 Å². The second-order valence-corrected chi connectivity index (χ2v) is 15.1. The average Bonchev–Trinajstić information content (AvgIpc) is 3.78. The van der Waals surface area contributed by atoms with Crippen molar-refractivity contribution in [1.29, 1.82) is 0 Å². The summed E-state index contributed by atoms with van der Waals surface area (Å²) in [5.74, 6) is 0. The molecule has 0 radical (unpaired) electrons. The maximum absolute atomic E-state index is 6.53. The number of hydrogen-bond donors (Lipinski definition) is 0. The molecule has 9 aromatic carbocycles. The highest BCUT2D eigenvalue weighted by atomic mass is 16.3. The molecule has 2 heteroatoms. The molecule has 0 N–H and O–H groups in total. The Morgan fingerprint density at radius 2 is 0.825 bits per heavy atom. The summed E-state index contributed by atoms with van der Waals surface area (Å²) in [6.45, 7) is 0. The second kappa shape index (κ2) is 12.3. The Labute approximate surface area is 331 Å². The number of fused-ring (bicyclic) bond motifs is 15. The summed E-state index contributed by atoms with van der Waals surface area (Å²) in [6.07, 6.45) is 0. The summed E-state index contributed by atoms with van der Waals surface area (Å²) in [4.78, 5) is 2.47. The highest BCUT2D eigenvalue weighted by Crippen LogP contribution is 2.63. The molecule has 0 unspecified atom stereocenters. The second-order valence-electron chi connectivity index (χ2n) is 15.1. The molecule has 2 nitrogen and oxygen atoms in total. The molecule has 2 aliphatic carbocycles. The Hall–Kier alpha value is -7.42. The Morgan fingerprint density at radius 3 is 1.53 bits per heavy atom. The van der Waals surface area contributed by atoms with Crippen molar-refractivity contribution in [2.45, 2.75) is 5.41 Å². The number of benzene rings is 9. The van der Waals surface area contributed by atoms with E-state index in [1.165, 1.54) is 66.8 Å². The number of para-hydroxylation sites is 1. The minimum absolute atomic E-state index is 0.578. The Bertz CT molecular complexity index is 3120. The van der Waals surface area contributed by atoms with E-state index in [0.29, 0.717) is 0 Å². The van der Waals surface area contributed by atoms with Gasteiger partial charge in [-0.3, -0.25) is 0 Å². The van der Waals surface area contributed by atoms with Gasteiger partial charge in [-0.1, -0.05) is 176 Å².